The number of benzene rings is 3. The summed E-state index contributed by atoms with van der Waals surface area (Å²) in [4.78, 5) is 106. The summed E-state index contributed by atoms with van der Waals surface area (Å²) in [6, 6.07) is 25.4. The molecule has 0 aliphatic heterocycles. The number of nitrogens with zero attached hydrogens (tertiary/aromatic N) is 8. The number of alkyl halides is 10. The van der Waals surface area contributed by atoms with E-state index in [2.05, 4.69) is 45.7 Å². The van der Waals surface area contributed by atoms with Gasteiger partial charge in [-0.25, -0.2) is 29.3 Å². The first kappa shape index (κ1) is 100. The summed E-state index contributed by atoms with van der Waals surface area (Å²) in [5.74, 6) is -4.28. The van der Waals surface area contributed by atoms with Gasteiger partial charge in [-0.2, -0.15) is 39.5 Å². The first-order chi connectivity index (χ1) is 63.1. The molecule has 0 saturated heterocycles. The molecule has 6 saturated carbocycles. The minimum Gasteiger partial charge on any atom is -0.478 e. The normalized spacial score (nSPS) is 22.3. The zero-order valence-electron chi connectivity index (χ0n) is 75.3. The number of aromatic carboxylic acids is 1. The summed E-state index contributed by atoms with van der Waals surface area (Å²) in [5.41, 5.74) is -0.469. The number of carbonyl (C=O) groups excluding carboxylic acids is 5. The Bertz CT molecular complexity index is 5220. The molecule has 8 aromatic rings. The van der Waals surface area contributed by atoms with E-state index in [0.29, 0.717) is 90.2 Å². The predicted molar refractivity (Wildman–Crippen MR) is 476 cm³/mol. The number of carboxylic acid groups (broad SMARTS) is 1. The van der Waals surface area contributed by atoms with Crippen molar-refractivity contribution in [1.82, 2.24) is 24.9 Å². The lowest BCUT2D eigenvalue weighted by atomic mass is 9.81. The Balaban J connectivity index is 0.000000179. The van der Waals surface area contributed by atoms with Crippen molar-refractivity contribution >= 4 is 64.3 Å². The van der Waals surface area contributed by atoms with Crippen LogP contribution in [0.15, 0.2) is 140 Å². The summed E-state index contributed by atoms with van der Waals surface area (Å²) < 4.78 is 170. The SMILES string of the molecule is COC(=O)c1cc(Oc2ncc(CCl)cc2C(F)(F)F)ccc1N(C(=O)C1CCC(C)CC1)C1CCC(OC)CC1.COC(=O)c1cc(Oc2ncc(Cc3ccccn3)cc2C(F)(F)F)ccc1N(C(=O)C1CCC(C)CC1)C1CCC(OC)CC1.COC1CCC(N(C(=O)C2CCC(C)CC2)c2ccc(Oc3ncc(Cc4ccccn4)cc3C(F)(F)F)cc2C(=O)O)CC1. The van der Waals surface area contributed by atoms with Gasteiger partial charge in [0.05, 0.1) is 66.3 Å². The lowest BCUT2D eigenvalue weighted by Gasteiger charge is -2.40. The van der Waals surface area contributed by atoms with Crippen LogP contribution >= 0.6 is 11.6 Å². The monoisotopic (exact) mass is 1860 g/mol. The van der Waals surface area contributed by atoms with E-state index in [1.165, 1.54) is 75.3 Å². The zero-order valence-corrected chi connectivity index (χ0v) is 76.1. The Morgan fingerprint density at radius 3 is 0.924 bits per heavy atom. The lowest BCUT2D eigenvalue weighted by molar-refractivity contribution is -0.139. The van der Waals surface area contributed by atoms with E-state index in [4.69, 9.17) is 49.5 Å². The number of halogens is 10. The van der Waals surface area contributed by atoms with Gasteiger partial charge in [0.2, 0.25) is 35.4 Å². The van der Waals surface area contributed by atoms with Crippen LogP contribution in [0, 0.1) is 35.5 Å². The third kappa shape index (κ3) is 26.0. The van der Waals surface area contributed by atoms with Crippen LogP contribution in [0.4, 0.5) is 56.6 Å². The third-order valence-electron chi connectivity index (χ3n) is 26.2. The quantitative estimate of drug-likeness (QED) is 0.0300. The van der Waals surface area contributed by atoms with Crippen LogP contribution < -0.4 is 28.9 Å². The molecule has 0 spiro atoms. The number of pyridine rings is 5. The fraction of sp³-hybridized carbons (Fsp3) is 0.505. The second-order valence-corrected chi connectivity index (χ2v) is 35.6. The molecule has 132 heavy (non-hydrogen) atoms. The number of rotatable bonds is 26. The zero-order chi connectivity index (χ0) is 94.7. The van der Waals surface area contributed by atoms with Crippen LogP contribution in [0.25, 0.3) is 0 Å². The third-order valence-corrected chi connectivity index (χ3v) is 26.5. The van der Waals surface area contributed by atoms with Crippen molar-refractivity contribution in [3.63, 3.8) is 0 Å². The van der Waals surface area contributed by atoms with Gasteiger partial charge < -0.3 is 57.7 Å². The number of carbonyl (C=O) groups is 6. The number of hydrogen-bond acceptors (Lipinski definition) is 19. The van der Waals surface area contributed by atoms with E-state index in [0.717, 1.165) is 134 Å². The van der Waals surface area contributed by atoms with Gasteiger partial charge in [-0.1, -0.05) is 32.9 Å². The van der Waals surface area contributed by atoms with Crippen LogP contribution in [0.2, 0.25) is 0 Å². The Morgan fingerprint density at radius 2 is 0.659 bits per heavy atom. The van der Waals surface area contributed by atoms with E-state index >= 15 is 0 Å². The number of methoxy groups -OCH3 is 5. The Hall–Kier alpha value is -10.8. The number of aromatic nitrogens is 5. The Morgan fingerprint density at radius 1 is 0.371 bits per heavy atom. The number of ether oxygens (including phenoxy) is 8. The molecule has 0 unspecified atom stereocenters. The van der Waals surface area contributed by atoms with Gasteiger partial charge in [0.1, 0.15) is 33.9 Å². The first-order valence-corrected chi connectivity index (χ1v) is 45.7. The highest BCUT2D eigenvalue weighted by atomic mass is 35.5. The molecule has 710 valence electrons. The standard InChI is InChI=1S/C35H40F3N3O5.C34H38F3N3O5.C30H36ClF3N2O5/c1-22-7-9-24(10-8-22)33(42)41(26-11-13-27(44-2)14-12-26)31-16-15-28(20-29(31)34(43)45-3)46-32-30(35(36,37)38)19-23(21-40-32)18-25-6-4-5-17-39-25;1-21-6-8-23(9-7-21)32(41)40(25-10-12-26(44-2)13-11-25)30-15-14-27(19-28(30)33(42)43)45-31-29(34(35,36)37)18-22(20-39-31)17-24-5-3-4-16-38-24;1-18-4-6-20(7-5-18)28(37)36(21-8-10-22(39-2)11-9-21)26-13-12-23(15-24(26)29(38)40-3)41-27-25(30(32,33)34)14-19(16-31)17-35-27/h4-6,15-17,19-22,24,26-27H,7-14,18H2,1-3H3;3-5,14-16,18-21,23,25-26H,6-13,17H2,1-2H3,(H,42,43);12-15,17-18,20-22H,4-11,16H2,1-3H3. The average molecular weight is 1860 g/mol. The molecule has 6 aliphatic carbocycles. The van der Waals surface area contributed by atoms with E-state index in [9.17, 15) is 73.4 Å². The van der Waals surface area contributed by atoms with Gasteiger partial charge in [0.15, 0.2) is 0 Å². The van der Waals surface area contributed by atoms with Gasteiger partial charge in [0, 0.05) is 118 Å². The number of esters is 2. The smallest absolute Gasteiger partial charge is 0.421 e. The predicted octanol–water partition coefficient (Wildman–Crippen LogP) is 23.0. The molecule has 5 aromatic heterocycles. The van der Waals surface area contributed by atoms with Gasteiger partial charge in [0.25, 0.3) is 0 Å². The van der Waals surface area contributed by atoms with E-state index < -0.39 is 70.8 Å². The molecular formula is C99H114ClF9N8O15. The molecular weight excluding hydrogens is 1750 g/mol. The summed E-state index contributed by atoms with van der Waals surface area (Å²) >= 11 is 5.71. The van der Waals surface area contributed by atoms with E-state index in [1.54, 1.807) is 97.0 Å². The Labute approximate surface area is 767 Å². The van der Waals surface area contributed by atoms with Crippen molar-refractivity contribution in [1.29, 1.82) is 0 Å². The molecule has 0 radical (unpaired) electrons. The maximum absolute atomic E-state index is 14.2. The highest BCUT2D eigenvalue weighted by Gasteiger charge is 2.44. The number of anilines is 3. The summed E-state index contributed by atoms with van der Waals surface area (Å²) in [6.45, 7) is 6.53. The average Bonchev–Trinajstić information content (AvgIpc) is 0.795. The maximum atomic E-state index is 14.2. The van der Waals surface area contributed by atoms with Crippen LogP contribution in [0.5, 0.6) is 34.9 Å². The molecule has 33 heteroatoms. The van der Waals surface area contributed by atoms with E-state index in [1.807, 2.05) is 0 Å². The van der Waals surface area contributed by atoms with Crippen LogP contribution in [-0.4, -0.2) is 138 Å². The number of amides is 3. The fourth-order valence-electron chi connectivity index (χ4n) is 18.7. The first-order valence-electron chi connectivity index (χ1n) is 45.1. The van der Waals surface area contributed by atoms with Crippen molar-refractivity contribution in [2.24, 2.45) is 35.5 Å². The molecule has 6 aliphatic rings. The molecule has 5 heterocycles. The van der Waals surface area contributed by atoms with Crippen LogP contribution in [0.1, 0.15) is 251 Å². The number of hydrogen-bond donors (Lipinski definition) is 1. The summed E-state index contributed by atoms with van der Waals surface area (Å²) in [7, 11) is 7.45. The topological polar surface area (TPSA) is 271 Å². The van der Waals surface area contributed by atoms with Crippen molar-refractivity contribution in [2.75, 3.05) is 50.2 Å². The maximum Gasteiger partial charge on any atom is 0.421 e. The van der Waals surface area contributed by atoms with Crippen LogP contribution in [-0.2, 0) is 75.3 Å². The minimum atomic E-state index is -4.78. The largest absolute Gasteiger partial charge is 0.478 e. The molecule has 3 aromatic carbocycles. The van der Waals surface area contributed by atoms with Crippen molar-refractivity contribution in [3.05, 3.63) is 202 Å². The summed E-state index contributed by atoms with van der Waals surface area (Å²) in [5, 5.41) is 10.3. The summed E-state index contributed by atoms with van der Waals surface area (Å²) in [6.07, 6.45) is 12.0. The van der Waals surface area contributed by atoms with E-state index in [-0.39, 0.29) is 136 Å². The molecule has 0 bridgehead atoms. The molecule has 6 fully saturated rings. The van der Waals surface area contributed by atoms with Crippen molar-refractivity contribution in [2.45, 2.75) is 249 Å². The van der Waals surface area contributed by atoms with Crippen molar-refractivity contribution in [3.8, 4) is 34.9 Å². The molecule has 1 N–H and O–H groups in total. The second-order valence-electron chi connectivity index (χ2n) is 35.3. The molecule has 23 nitrogen and oxygen atoms in total. The van der Waals surface area contributed by atoms with Gasteiger partial charge in [-0.15, -0.1) is 11.6 Å². The number of carboxylic acids is 1. The van der Waals surface area contributed by atoms with Crippen molar-refractivity contribution < 1.29 is 111 Å². The fourth-order valence-corrected chi connectivity index (χ4v) is 18.8. The van der Waals surface area contributed by atoms with Gasteiger partial charge in [-0.05, 0) is 286 Å². The van der Waals surface area contributed by atoms with Gasteiger partial charge >= 0.3 is 36.4 Å². The Kier molecular flexibility index (Phi) is 34.7. The van der Waals surface area contributed by atoms with Crippen LogP contribution in [0.3, 0.4) is 0 Å². The highest BCUT2D eigenvalue weighted by Crippen LogP contribution is 2.47. The molecule has 3 amide bonds. The molecule has 0 atom stereocenters. The van der Waals surface area contributed by atoms with Gasteiger partial charge in [-0.3, -0.25) is 24.4 Å². The highest BCUT2D eigenvalue weighted by molar-refractivity contribution is 6.17. The second kappa shape index (κ2) is 45.7. The molecule has 14 rings (SSSR count). The minimum absolute atomic E-state index is 0.0299. The lowest BCUT2D eigenvalue weighted by Crippen LogP contribution is -2.47.